The molecular formula is C22H23ClO3. The van der Waals surface area contributed by atoms with Crippen LogP contribution >= 0.6 is 11.6 Å². The number of aliphatic hydroxyl groups excluding tert-OH is 1. The van der Waals surface area contributed by atoms with Gasteiger partial charge in [0.25, 0.3) is 0 Å². The van der Waals surface area contributed by atoms with Gasteiger partial charge in [-0.3, -0.25) is 4.79 Å². The number of Topliss-reactive ketones (excluding diaryl/α,β-unsaturated/α-hetero) is 1. The minimum Gasteiger partial charge on any atom is -0.512 e. The molecule has 0 atom stereocenters. The van der Waals surface area contributed by atoms with Gasteiger partial charge in [-0.1, -0.05) is 38.4 Å². The van der Waals surface area contributed by atoms with Gasteiger partial charge in [-0.05, 0) is 59.4 Å². The number of hydrogen-bond acceptors (Lipinski definition) is 3. The highest BCUT2D eigenvalue weighted by Gasteiger charge is 2.34. The van der Waals surface area contributed by atoms with Crippen molar-refractivity contribution in [3.8, 4) is 11.5 Å². The molecule has 0 saturated heterocycles. The van der Waals surface area contributed by atoms with Crippen LogP contribution in [0.2, 0.25) is 5.02 Å². The lowest BCUT2D eigenvalue weighted by atomic mass is 9.74. The molecule has 0 heterocycles. The molecule has 0 unspecified atom stereocenters. The Morgan fingerprint density at radius 3 is 2.35 bits per heavy atom. The van der Waals surface area contributed by atoms with Crippen molar-refractivity contribution in [3.63, 3.8) is 0 Å². The molecule has 0 amide bonds. The Kier molecular flexibility index (Phi) is 5.10. The number of benzene rings is 2. The molecule has 0 spiro atoms. The zero-order chi connectivity index (χ0) is 18.9. The number of carbonyl (C=O) groups is 1. The summed E-state index contributed by atoms with van der Waals surface area (Å²) in [7, 11) is 0. The topological polar surface area (TPSA) is 46.5 Å². The molecule has 0 radical (unpaired) electrons. The van der Waals surface area contributed by atoms with Gasteiger partial charge in [0.15, 0.2) is 5.78 Å². The van der Waals surface area contributed by atoms with Gasteiger partial charge < -0.3 is 9.84 Å². The first-order valence-corrected chi connectivity index (χ1v) is 9.19. The molecule has 3 rings (SSSR count). The maximum atomic E-state index is 12.7. The van der Waals surface area contributed by atoms with Gasteiger partial charge in [-0.2, -0.15) is 0 Å². The number of ether oxygens (including phenoxy) is 1. The monoisotopic (exact) mass is 370 g/mol. The summed E-state index contributed by atoms with van der Waals surface area (Å²) >= 11 is 5.91. The molecule has 26 heavy (non-hydrogen) atoms. The molecule has 0 aromatic heterocycles. The van der Waals surface area contributed by atoms with Crippen molar-refractivity contribution in [2.24, 2.45) is 5.41 Å². The minimum absolute atomic E-state index is 0.0166. The van der Waals surface area contributed by atoms with E-state index in [4.69, 9.17) is 16.3 Å². The maximum absolute atomic E-state index is 12.7. The fourth-order valence-corrected chi connectivity index (χ4v) is 3.52. The van der Waals surface area contributed by atoms with Crippen molar-refractivity contribution in [2.75, 3.05) is 0 Å². The predicted octanol–water partition coefficient (Wildman–Crippen LogP) is 6.35. The van der Waals surface area contributed by atoms with E-state index in [1.807, 2.05) is 39.0 Å². The highest BCUT2D eigenvalue weighted by Crippen LogP contribution is 2.41. The number of halogens is 1. The molecule has 0 bridgehead atoms. The third-order valence-corrected chi connectivity index (χ3v) is 4.89. The Hall–Kier alpha value is -2.26. The van der Waals surface area contributed by atoms with Gasteiger partial charge in [0.1, 0.15) is 17.3 Å². The SMILES string of the molecule is CCc1ccc(Oc2ccc(Cl)cc2)cc1C1=C(O)CC(C)(C)CC1=O. The molecule has 0 aliphatic heterocycles. The van der Waals surface area contributed by atoms with Crippen molar-refractivity contribution in [3.05, 3.63) is 64.4 Å². The second-order valence-electron chi connectivity index (χ2n) is 7.49. The van der Waals surface area contributed by atoms with Crippen molar-refractivity contribution in [2.45, 2.75) is 40.0 Å². The van der Waals surface area contributed by atoms with Crippen LogP contribution in [0.1, 0.15) is 44.7 Å². The van der Waals surface area contributed by atoms with Gasteiger partial charge in [-0.15, -0.1) is 0 Å². The largest absolute Gasteiger partial charge is 0.512 e. The Balaban J connectivity index is 2.01. The number of aryl methyl sites for hydroxylation is 1. The van der Waals surface area contributed by atoms with E-state index in [2.05, 4.69) is 0 Å². The molecular weight excluding hydrogens is 348 g/mol. The zero-order valence-corrected chi connectivity index (χ0v) is 16.1. The van der Waals surface area contributed by atoms with Gasteiger partial charge in [-0.25, -0.2) is 0 Å². The summed E-state index contributed by atoms with van der Waals surface area (Å²) in [6.07, 6.45) is 1.70. The van der Waals surface area contributed by atoms with E-state index in [0.717, 1.165) is 17.5 Å². The van der Waals surface area contributed by atoms with Gasteiger partial charge >= 0.3 is 0 Å². The maximum Gasteiger partial charge on any atom is 0.167 e. The summed E-state index contributed by atoms with van der Waals surface area (Å²) in [5.41, 5.74) is 2.00. The average molecular weight is 371 g/mol. The van der Waals surface area contributed by atoms with E-state index in [-0.39, 0.29) is 17.0 Å². The third-order valence-electron chi connectivity index (χ3n) is 4.63. The van der Waals surface area contributed by atoms with Crippen molar-refractivity contribution < 1.29 is 14.6 Å². The highest BCUT2D eigenvalue weighted by atomic mass is 35.5. The molecule has 1 aliphatic carbocycles. The highest BCUT2D eigenvalue weighted by molar-refractivity contribution is 6.30. The molecule has 0 saturated carbocycles. The Labute approximate surface area is 159 Å². The molecule has 136 valence electrons. The third kappa shape index (κ3) is 3.94. The van der Waals surface area contributed by atoms with Crippen LogP contribution in [-0.2, 0) is 11.2 Å². The lowest BCUT2D eigenvalue weighted by molar-refractivity contribution is -0.116. The molecule has 3 nitrogen and oxygen atoms in total. The van der Waals surface area contributed by atoms with Crippen molar-refractivity contribution in [1.29, 1.82) is 0 Å². The molecule has 4 heteroatoms. The molecule has 2 aromatic rings. The minimum atomic E-state index is -0.214. The van der Waals surface area contributed by atoms with E-state index >= 15 is 0 Å². The van der Waals surface area contributed by atoms with Gasteiger partial charge in [0.05, 0.1) is 5.57 Å². The number of aliphatic hydroxyl groups is 1. The number of ketones is 1. The molecule has 2 aromatic carbocycles. The summed E-state index contributed by atoms with van der Waals surface area (Å²) in [4.78, 5) is 12.7. The lowest BCUT2D eigenvalue weighted by Gasteiger charge is -2.30. The molecule has 1 aliphatic rings. The molecule has 0 fully saturated rings. The number of rotatable bonds is 4. The van der Waals surface area contributed by atoms with E-state index in [1.165, 1.54) is 0 Å². The second kappa shape index (κ2) is 7.16. The van der Waals surface area contributed by atoms with Crippen molar-refractivity contribution in [1.82, 2.24) is 0 Å². The van der Waals surface area contributed by atoms with Crippen LogP contribution in [0.25, 0.3) is 5.57 Å². The normalized spacial score (nSPS) is 16.7. The van der Waals surface area contributed by atoms with Crippen LogP contribution in [0.4, 0.5) is 0 Å². The number of carbonyl (C=O) groups excluding carboxylic acids is 1. The second-order valence-corrected chi connectivity index (χ2v) is 7.93. The average Bonchev–Trinajstić information content (AvgIpc) is 2.55. The first kappa shape index (κ1) is 18.5. The lowest BCUT2D eigenvalue weighted by Crippen LogP contribution is -2.25. The van der Waals surface area contributed by atoms with E-state index in [1.54, 1.807) is 24.3 Å². The summed E-state index contributed by atoms with van der Waals surface area (Å²) < 4.78 is 5.90. The fourth-order valence-electron chi connectivity index (χ4n) is 3.39. The van der Waals surface area contributed by atoms with Crippen LogP contribution in [0, 0.1) is 5.41 Å². The zero-order valence-electron chi connectivity index (χ0n) is 15.3. The smallest absolute Gasteiger partial charge is 0.167 e. The van der Waals surface area contributed by atoms with Crippen LogP contribution < -0.4 is 4.74 Å². The van der Waals surface area contributed by atoms with Crippen molar-refractivity contribution >= 4 is 23.0 Å². The van der Waals surface area contributed by atoms with Gasteiger partial charge in [0.2, 0.25) is 0 Å². The van der Waals surface area contributed by atoms with Crippen LogP contribution in [-0.4, -0.2) is 10.9 Å². The summed E-state index contributed by atoms with van der Waals surface area (Å²) in [6.45, 7) is 6.03. The van der Waals surface area contributed by atoms with Gasteiger partial charge in [0, 0.05) is 17.9 Å². The fraction of sp³-hybridized carbons (Fsp3) is 0.318. The van der Waals surface area contributed by atoms with Crippen LogP contribution in [0.3, 0.4) is 0 Å². The Bertz CT molecular complexity index is 863. The first-order valence-electron chi connectivity index (χ1n) is 8.81. The molecule has 1 N–H and O–H groups in total. The summed E-state index contributed by atoms with van der Waals surface area (Å²) in [6, 6.07) is 12.8. The predicted molar refractivity (Wildman–Crippen MR) is 105 cm³/mol. The van der Waals surface area contributed by atoms with Crippen LogP contribution in [0.5, 0.6) is 11.5 Å². The van der Waals surface area contributed by atoms with E-state index in [9.17, 15) is 9.90 Å². The van der Waals surface area contributed by atoms with Crippen LogP contribution in [0.15, 0.2) is 48.2 Å². The van der Waals surface area contributed by atoms with E-state index in [0.29, 0.717) is 34.9 Å². The number of hydrogen-bond donors (Lipinski definition) is 1. The summed E-state index contributed by atoms with van der Waals surface area (Å²) in [5, 5.41) is 11.2. The quantitative estimate of drug-likeness (QED) is 0.681. The Morgan fingerprint density at radius 2 is 1.73 bits per heavy atom. The number of allylic oxidation sites excluding steroid dienone is 2. The summed E-state index contributed by atoms with van der Waals surface area (Å²) in [5.74, 6) is 1.44. The standard InChI is InChI=1S/C22H23ClO3/c1-4-14-5-8-17(26-16-9-6-15(23)7-10-16)11-18(14)21-19(24)12-22(2,3)13-20(21)25/h5-11,24H,4,12-13H2,1-3H3. The van der Waals surface area contributed by atoms with E-state index < -0.39 is 0 Å². The Morgan fingerprint density at radius 1 is 1.08 bits per heavy atom. The first-order chi connectivity index (χ1) is 12.3.